The number of fused-ring (bicyclic) bond motifs is 2. The topological polar surface area (TPSA) is 119 Å². The average Bonchev–Trinajstić information content (AvgIpc) is 3.64. The first kappa shape index (κ1) is 27.2. The summed E-state index contributed by atoms with van der Waals surface area (Å²) < 4.78 is 12.5. The Morgan fingerprint density at radius 1 is 0.881 bits per heavy atom. The van der Waals surface area contributed by atoms with E-state index < -0.39 is 23.6 Å². The van der Waals surface area contributed by atoms with Crippen LogP contribution < -0.4 is 20.1 Å². The summed E-state index contributed by atoms with van der Waals surface area (Å²) in [4.78, 5) is 52.6. The fourth-order valence-electron chi connectivity index (χ4n) is 4.79. The summed E-state index contributed by atoms with van der Waals surface area (Å²) in [6.45, 7) is 3.68. The SMILES string of the molecule is Cc1ccc(NC(=O)CN2C(=O)S/C(=C\c3cn(CC(=O)Nc4ccc5c(c4)OCO5)c4ccccc34)C2=O)cc1C. The first-order valence-electron chi connectivity index (χ1n) is 13.1. The highest BCUT2D eigenvalue weighted by Crippen LogP contribution is 2.35. The predicted octanol–water partition coefficient (Wildman–Crippen LogP) is 5.30. The molecule has 2 N–H and O–H groups in total. The van der Waals surface area contributed by atoms with Crippen LogP contribution in [0.1, 0.15) is 16.7 Å². The molecule has 42 heavy (non-hydrogen) atoms. The molecular weight excluding hydrogens is 556 g/mol. The van der Waals surface area contributed by atoms with Crippen LogP contribution in [0.4, 0.5) is 16.2 Å². The third kappa shape index (κ3) is 5.46. The van der Waals surface area contributed by atoms with Crippen molar-refractivity contribution in [3.63, 3.8) is 0 Å². The Kier molecular flexibility index (Phi) is 7.17. The van der Waals surface area contributed by atoms with Crippen molar-refractivity contribution in [3.05, 3.63) is 88.5 Å². The number of nitrogens with zero attached hydrogens (tertiary/aromatic N) is 2. The number of carbonyl (C=O) groups is 4. The van der Waals surface area contributed by atoms with Gasteiger partial charge in [-0.1, -0.05) is 24.3 Å². The van der Waals surface area contributed by atoms with Gasteiger partial charge in [0.15, 0.2) is 11.5 Å². The van der Waals surface area contributed by atoms with Crippen molar-refractivity contribution in [2.75, 3.05) is 24.0 Å². The van der Waals surface area contributed by atoms with E-state index in [-0.39, 0.29) is 24.2 Å². The normalized spacial score (nSPS) is 15.1. The van der Waals surface area contributed by atoms with Crippen LogP contribution in [0.3, 0.4) is 0 Å². The second-order valence-corrected chi connectivity index (χ2v) is 11.0. The second-order valence-electron chi connectivity index (χ2n) is 9.96. The molecule has 0 spiro atoms. The number of para-hydroxylation sites is 1. The molecule has 4 aromatic rings. The Bertz CT molecular complexity index is 1810. The van der Waals surface area contributed by atoms with Crippen molar-refractivity contribution in [1.29, 1.82) is 0 Å². The molecule has 212 valence electrons. The molecule has 0 saturated carbocycles. The largest absolute Gasteiger partial charge is 0.454 e. The van der Waals surface area contributed by atoms with Crippen LogP contribution in [0.2, 0.25) is 0 Å². The smallest absolute Gasteiger partial charge is 0.294 e. The summed E-state index contributed by atoms with van der Waals surface area (Å²) in [5, 5.41) is 5.91. The quantitative estimate of drug-likeness (QED) is 0.284. The van der Waals surface area contributed by atoms with Gasteiger partial charge in [0.1, 0.15) is 13.1 Å². The Morgan fingerprint density at radius 2 is 1.60 bits per heavy atom. The van der Waals surface area contributed by atoms with Crippen molar-refractivity contribution < 1.29 is 28.7 Å². The molecule has 2 aliphatic heterocycles. The van der Waals surface area contributed by atoms with E-state index in [1.807, 2.05) is 50.2 Å². The first-order valence-corrected chi connectivity index (χ1v) is 14.0. The minimum Gasteiger partial charge on any atom is -0.454 e. The van der Waals surface area contributed by atoms with Crippen molar-refractivity contribution in [2.24, 2.45) is 0 Å². The van der Waals surface area contributed by atoms with E-state index in [0.717, 1.165) is 38.7 Å². The van der Waals surface area contributed by atoms with Gasteiger partial charge in [-0.05, 0) is 73.1 Å². The lowest BCUT2D eigenvalue weighted by atomic mass is 10.1. The standard InChI is InChI=1S/C31H26N4O6S/c1-18-7-8-21(11-19(18)2)32-29(37)16-35-30(38)27(42-31(35)39)12-20-14-34(24-6-4-3-5-23(20)24)15-28(36)33-22-9-10-25-26(13-22)41-17-40-25/h3-14H,15-17H2,1-2H3,(H,32,37)(H,33,36)/b27-12-. The van der Waals surface area contributed by atoms with Gasteiger partial charge in [-0.25, -0.2) is 0 Å². The van der Waals surface area contributed by atoms with Crippen LogP contribution in [0.5, 0.6) is 11.5 Å². The number of hydrogen-bond donors (Lipinski definition) is 2. The molecule has 3 aromatic carbocycles. The maximum Gasteiger partial charge on any atom is 0.294 e. The van der Waals surface area contributed by atoms with E-state index in [1.165, 1.54) is 0 Å². The average molecular weight is 583 g/mol. The number of aromatic nitrogens is 1. The Balaban J connectivity index is 1.17. The van der Waals surface area contributed by atoms with E-state index in [9.17, 15) is 19.2 Å². The second kappa shape index (κ2) is 11.1. The zero-order chi connectivity index (χ0) is 29.4. The molecule has 3 heterocycles. The number of ether oxygens (including phenoxy) is 2. The Hall–Kier alpha value is -5.03. The molecule has 0 aliphatic carbocycles. The molecule has 1 aromatic heterocycles. The van der Waals surface area contributed by atoms with Crippen LogP contribution >= 0.6 is 11.8 Å². The van der Waals surface area contributed by atoms with Crippen molar-refractivity contribution in [3.8, 4) is 11.5 Å². The highest BCUT2D eigenvalue weighted by atomic mass is 32.2. The summed E-state index contributed by atoms with van der Waals surface area (Å²) in [5.74, 6) is -0.0700. The number of aryl methyl sites for hydroxylation is 2. The number of anilines is 2. The van der Waals surface area contributed by atoms with Gasteiger partial charge in [0, 0.05) is 40.1 Å². The first-order chi connectivity index (χ1) is 20.2. The molecule has 0 atom stereocenters. The number of imide groups is 1. The number of thioether (sulfide) groups is 1. The molecular formula is C31H26N4O6S. The molecule has 10 nitrogen and oxygen atoms in total. The zero-order valence-electron chi connectivity index (χ0n) is 22.8. The summed E-state index contributed by atoms with van der Waals surface area (Å²) in [6.07, 6.45) is 3.39. The predicted molar refractivity (Wildman–Crippen MR) is 160 cm³/mol. The van der Waals surface area contributed by atoms with Crippen LogP contribution in [0, 0.1) is 13.8 Å². The molecule has 0 bridgehead atoms. The van der Waals surface area contributed by atoms with Gasteiger partial charge in [-0.2, -0.15) is 0 Å². The summed E-state index contributed by atoms with van der Waals surface area (Å²) >= 11 is 0.780. The lowest BCUT2D eigenvalue weighted by molar-refractivity contribution is -0.127. The molecule has 11 heteroatoms. The monoisotopic (exact) mass is 582 g/mol. The van der Waals surface area contributed by atoms with Crippen molar-refractivity contribution >= 4 is 63.1 Å². The number of hydrogen-bond acceptors (Lipinski definition) is 7. The van der Waals surface area contributed by atoms with Gasteiger partial charge < -0.3 is 24.7 Å². The summed E-state index contributed by atoms with van der Waals surface area (Å²) in [7, 11) is 0. The van der Waals surface area contributed by atoms with E-state index in [0.29, 0.717) is 28.4 Å². The van der Waals surface area contributed by atoms with Gasteiger partial charge in [0.2, 0.25) is 18.6 Å². The van der Waals surface area contributed by atoms with Gasteiger partial charge in [-0.15, -0.1) is 0 Å². The Labute approximate surface area is 245 Å². The zero-order valence-corrected chi connectivity index (χ0v) is 23.6. The highest BCUT2D eigenvalue weighted by molar-refractivity contribution is 8.18. The minimum absolute atomic E-state index is 0.0168. The van der Waals surface area contributed by atoms with E-state index in [4.69, 9.17) is 9.47 Å². The fourth-order valence-corrected chi connectivity index (χ4v) is 5.62. The van der Waals surface area contributed by atoms with E-state index in [1.54, 1.807) is 41.1 Å². The van der Waals surface area contributed by atoms with Crippen LogP contribution in [-0.2, 0) is 20.9 Å². The van der Waals surface area contributed by atoms with E-state index in [2.05, 4.69) is 10.6 Å². The van der Waals surface area contributed by atoms with Crippen LogP contribution in [0.15, 0.2) is 71.8 Å². The maximum absolute atomic E-state index is 13.2. The van der Waals surface area contributed by atoms with Crippen molar-refractivity contribution in [2.45, 2.75) is 20.4 Å². The number of carbonyl (C=O) groups excluding carboxylic acids is 4. The molecule has 4 amide bonds. The third-order valence-electron chi connectivity index (χ3n) is 7.04. The highest BCUT2D eigenvalue weighted by Gasteiger charge is 2.36. The molecule has 2 aliphatic rings. The van der Waals surface area contributed by atoms with Gasteiger partial charge in [-0.3, -0.25) is 24.1 Å². The van der Waals surface area contributed by atoms with E-state index >= 15 is 0 Å². The number of rotatable bonds is 7. The maximum atomic E-state index is 13.2. The van der Waals surface area contributed by atoms with Gasteiger partial charge >= 0.3 is 0 Å². The number of benzene rings is 3. The molecule has 1 saturated heterocycles. The molecule has 6 rings (SSSR count). The summed E-state index contributed by atoms with van der Waals surface area (Å²) in [6, 6.07) is 18.2. The lowest BCUT2D eigenvalue weighted by Crippen LogP contribution is -2.36. The summed E-state index contributed by atoms with van der Waals surface area (Å²) in [5.41, 5.74) is 4.75. The number of amides is 4. The minimum atomic E-state index is -0.544. The third-order valence-corrected chi connectivity index (χ3v) is 7.95. The lowest BCUT2D eigenvalue weighted by Gasteiger charge is -2.13. The molecule has 0 unspecified atom stereocenters. The fraction of sp³-hybridized carbons (Fsp3) is 0.161. The Morgan fingerprint density at radius 3 is 2.40 bits per heavy atom. The number of nitrogens with one attached hydrogen (secondary N) is 2. The van der Waals surface area contributed by atoms with Gasteiger partial charge in [0.25, 0.3) is 11.1 Å². The van der Waals surface area contributed by atoms with Crippen LogP contribution in [0.25, 0.3) is 17.0 Å². The molecule has 0 radical (unpaired) electrons. The van der Waals surface area contributed by atoms with Gasteiger partial charge in [0.05, 0.1) is 4.91 Å². The van der Waals surface area contributed by atoms with Crippen molar-refractivity contribution in [1.82, 2.24) is 9.47 Å². The van der Waals surface area contributed by atoms with Crippen LogP contribution in [-0.4, -0.2) is 45.8 Å². The molecule has 1 fully saturated rings.